The molecule has 1 fully saturated rings. The van der Waals surface area contributed by atoms with Crippen molar-refractivity contribution in [2.45, 2.75) is 18.9 Å². The summed E-state index contributed by atoms with van der Waals surface area (Å²) >= 11 is 1.48. The highest BCUT2D eigenvalue weighted by Gasteiger charge is 2.35. The standard InChI is InChI=1S/C33H34N8O2S/c1-22-31(25-18-35-39(2)19-25)38-41(26-10-5-4-6-11-26)32(22)37-33(42)36-29-21-40(14-15-43-3)20-28(29)23-8-7-9-24(16-23)30-13-12-27(17-34)44-30/h4-13,16,18-19,28-29H,14-15,20-21H2,1-3H3,(H2,36,37,42)/t28-,29+/m0/s1. The van der Waals surface area contributed by atoms with Crippen molar-refractivity contribution in [3.05, 3.63) is 95.1 Å². The van der Waals surface area contributed by atoms with E-state index in [0.29, 0.717) is 23.8 Å². The third kappa shape index (κ3) is 6.14. The molecule has 1 saturated heterocycles. The Labute approximate surface area is 260 Å². The number of carbonyl (C=O) groups is 1. The fourth-order valence-corrected chi connectivity index (χ4v) is 6.58. The summed E-state index contributed by atoms with van der Waals surface area (Å²) in [5.41, 5.74) is 5.53. The van der Waals surface area contributed by atoms with Gasteiger partial charge in [0.05, 0.1) is 24.5 Å². The minimum absolute atomic E-state index is 0.0686. The number of hydrogen-bond acceptors (Lipinski definition) is 7. The summed E-state index contributed by atoms with van der Waals surface area (Å²) in [6.07, 6.45) is 3.69. The third-order valence-electron chi connectivity index (χ3n) is 7.97. The van der Waals surface area contributed by atoms with Crippen LogP contribution in [-0.4, -0.2) is 69.9 Å². The molecule has 4 heterocycles. The van der Waals surface area contributed by atoms with Crippen molar-refractivity contribution >= 4 is 23.2 Å². The zero-order valence-electron chi connectivity index (χ0n) is 24.9. The summed E-state index contributed by atoms with van der Waals surface area (Å²) in [5.74, 6) is 0.672. The highest BCUT2D eigenvalue weighted by atomic mass is 32.1. The molecule has 3 aromatic heterocycles. The Morgan fingerprint density at radius 1 is 1.11 bits per heavy atom. The number of likely N-dealkylation sites (tertiary alicyclic amines) is 1. The van der Waals surface area contributed by atoms with Crippen LogP contribution < -0.4 is 10.6 Å². The van der Waals surface area contributed by atoms with Gasteiger partial charge in [0.2, 0.25) is 0 Å². The Hall–Kier alpha value is -4.76. The topological polar surface area (TPSA) is 113 Å². The maximum Gasteiger partial charge on any atom is 0.320 e. The van der Waals surface area contributed by atoms with Crippen LogP contribution in [0, 0.1) is 18.3 Å². The molecular formula is C33H34N8O2S. The van der Waals surface area contributed by atoms with Gasteiger partial charge in [-0.3, -0.25) is 14.9 Å². The van der Waals surface area contributed by atoms with E-state index in [1.807, 2.05) is 68.7 Å². The van der Waals surface area contributed by atoms with Crippen molar-refractivity contribution in [1.29, 1.82) is 5.26 Å². The number of benzene rings is 2. The largest absolute Gasteiger partial charge is 0.383 e. The van der Waals surface area contributed by atoms with E-state index in [0.717, 1.165) is 51.6 Å². The van der Waals surface area contributed by atoms with Gasteiger partial charge in [-0.1, -0.05) is 36.4 Å². The number of ether oxygens (including phenoxy) is 1. The van der Waals surface area contributed by atoms with Crippen molar-refractivity contribution in [2.75, 3.05) is 38.7 Å². The Bertz CT molecular complexity index is 1800. The highest BCUT2D eigenvalue weighted by molar-refractivity contribution is 7.16. The van der Waals surface area contributed by atoms with Gasteiger partial charge in [0, 0.05) is 61.9 Å². The molecule has 0 aliphatic carbocycles. The number of hydrogen-bond donors (Lipinski definition) is 2. The van der Waals surface area contributed by atoms with E-state index < -0.39 is 0 Å². The number of para-hydroxylation sites is 1. The number of nitrogens with zero attached hydrogens (tertiary/aromatic N) is 6. The van der Waals surface area contributed by atoms with Crippen LogP contribution in [0.5, 0.6) is 0 Å². The molecule has 0 unspecified atom stereocenters. The van der Waals surface area contributed by atoms with Crippen LogP contribution >= 0.6 is 11.3 Å². The lowest BCUT2D eigenvalue weighted by Crippen LogP contribution is -2.42. The van der Waals surface area contributed by atoms with Gasteiger partial charge in [-0.05, 0) is 48.4 Å². The molecule has 2 aromatic carbocycles. The van der Waals surface area contributed by atoms with Crippen LogP contribution in [0.25, 0.3) is 27.4 Å². The van der Waals surface area contributed by atoms with E-state index >= 15 is 0 Å². The second-order valence-corrected chi connectivity index (χ2v) is 12.0. The molecule has 224 valence electrons. The normalized spacial score (nSPS) is 16.6. The molecule has 44 heavy (non-hydrogen) atoms. The minimum Gasteiger partial charge on any atom is -0.383 e. The molecule has 1 aliphatic heterocycles. The lowest BCUT2D eigenvalue weighted by Gasteiger charge is -2.21. The quantitative estimate of drug-likeness (QED) is 0.232. The monoisotopic (exact) mass is 606 g/mol. The Morgan fingerprint density at radius 2 is 1.95 bits per heavy atom. The van der Waals surface area contributed by atoms with Gasteiger partial charge in [-0.2, -0.15) is 15.5 Å². The average molecular weight is 607 g/mol. The summed E-state index contributed by atoms with van der Waals surface area (Å²) in [6, 6.07) is 23.8. The molecule has 0 spiro atoms. The summed E-state index contributed by atoms with van der Waals surface area (Å²) in [6.45, 7) is 4.84. The number of carbonyl (C=O) groups excluding carboxylic acids is 1. The Morgan fingerprint density at radius 3 is 2.68 bits per heavy atom. The molecule has 0 bridgehead atoms. The molecule has 2 atom stereocenters. The SMILES string of the molecule is COCCN1C[C@@H](NC(=O)Nc2c(C)c(-c3cnn(C)c3)nn2-c2ccccc2)[C@H](c2cccc(-c3ccc(C#N)s3)c2)C1. The first-order valence-electron chi connectivity index (χ1n) is 14.5. The molecule has 1 aliphatic rings. The van der Waals surface area contributed by atoms with Crippen LogP contribution in [0.3, 0.4) is 0 Å². The predicted octanol–water partition coefficient (Wildman–Crippen LogP) is 5.42. The molecule has 0 radical (unpaired) electrons. The molecule has 10 nitrogen and oxygen atoms in total. The number of urea groups is 1. The van der Waals surface area contributed by atoms with Crippen LogP contribution in [0.2, 0.25) is 0 Å². The van der Waals surface area contributed by atoms with Gasteiger partial charge >= 0.3 is 6.03 Å². The van der Waals surface area contributed by atoms with E-state index in [1.165, 1.54) is 11.3 Å². The first kappa shape index (κ1) is 29.3. The number of amides is 2. The molecule has 5 aromatic rings. The number of nitrogens with one attached hydrogen (secondary N) is 2. The summed E-state index contributed by atoms with van der Waals surface area (Å²) in [4.78, 5) is 17.8. The zero-order valence-corrected chi connectivity index (χ0v) is 25.7. The van der Waals surface area contributed by atoms with Crippen molar-refractivity contribution < 1.29 is 9.53 Å². The van der Waals surface area contributed by atoms with Gasteiger partial charge in [-0.15, -0.1) is 11.3 Å². The van der Waals surface area contributed by atoms with Crippen molar-refractivity contribution in [3.8, 4) is 33.5 Å². The number of aryl methyl sites for hydroxylation is 1. The first-order valence-corrected chi connectivity index (χ1v) is 15.3. The second kappa shape index (κ2) is 12.9. The van der Waals surface area contributed by atoms with Gasteiger partial charge in [0.1, 0.15) is 22.5 Å². The number of methoxy groups -OCH3 is 1. The zero-order chi connectivity index (χ0) is 30.6. The molecule has 11 heteroatoms. The van der Waals surface area contributed by atoms with Crippen molar-refractivity contribution in [3.63, 3.8) is 0 Å². The van der Waals surface area contributed by atoms with Gasteiger partial charge in [0.25, 0.3) is 0 Å². The van der Waals surface area contributed by atoms with Crippen LogP contribution in [-0.2, 0) is 11.8 Å². The molecule has 6 rings (SSSR count). The van der Waals surface area contributed by atoms with E-state index in [-0.39, 0.29) is 18.0 Å². The van der Waals surface area contributed by atoms with Crippen molar-refractivity contribution in [1.82, 2.24) is 29.8 Å². The molecule has 2 N–H and O–H groups in total. The maximum absolute atomic E-state index is 13.7. The molecular weight excluding hydrogens is 572 g/mol. The lowest BCUT2D eigenvalue weighted by atomic mass is 9.93. The van der Waals surface area contributed by atoms with Crippen LogP contribution in [0.1, 0.15) is 21.9 Å². The number of thiophene rings is 1. The Kier molecular flexibility index (Phi) is 8.56. The predicted molar refractivity (Wildman–Crippen MR) is 172 cm³/mol. The minimum atomic E-state index is -0.292. The fourth-order valence-electron chi connectivity index (χ4n) is 5.78. The van der Waals surface area contributed by atoms with E-state index in [9.17, 15) is 10.1 Å². The molecule has 0 saturated carbocycles. The van der Waals surface area contributed by atoms with E-state index in [2.05, 4.69) is 44.9 Å². The average Bonchev–Trinajstić information content (AvgIpc) is 3.84. The second-order valence-electron chi connectivity index (χ2n) is 10.9. The number of anilines is 1. The Balaban J connectivity index is 1.27. The maximum atomic E-state index is 13.7. The smallest absolute Gasteiger partial charge is 0.320 e. The number of aromatic nitrogens is 4. The number of rotatable bonds is 9. The van der Waals surface area contributed by atoms with E-state index in [4.69, 9.17) is 9.84 Å². The highest BCUT2D eigenvalue weighted by Crippen LogP contribution is 2.34. The van der Waals surface area contributed by atoms with Crippen LogP contribution in [0.4, 0.5) is 10.6 Å². The lowest BCUT2D eigenvalue weighted by molar-refractivity contribution is 0.159. The van der Waals surface area contributed by atoms with Gasteiger partial charge in [0.15, 0.2) is 0 Å². The van der Waals surface area contributed by atoms with E-state index in [1.54, 1.807) is 22.7 Å². The summed E-state index contributed by atoms with van der Waals surface area (Å²) in [5, 5.41) is 24.9. The molecule has 2 amide bonds. The van der Waals surface area contributed by atoms with Gasteiger partial charge < -0.3 is 10.1 Å². The van der Waals surface area contributed by atoms with Crippen molar-refractivity contribution in [2.24, 2.45) is 7.05 Å². The summed E-state index contributed by atoms with van der Waals surface area (Å²) < 4.78 is 8.87. The first-order chi connectivity index (χ1) is 21.4. The van der Waals surface area contributed by atoms with Crippen LogP contribution in [0.15, 0.2) is 79.1 Å². The fraction of sp³-hybridized carbons (Fsp3) is 0.273. The van der Waals surface area contributed by atoms with Gasteiger partial charge in [-0.25, -0.2) is 9.48 Å². The third-order valence-corrected chi connectivity index (χ3v) is 9.01. The summed E-state index contributed by atoms with van der Waals surface area (Å²) in [7, 11) is 3.57. The number of nitriles is 1.